The molecule has 1 rings (SSSR count). The standard InChI is InChI=1S/C3H4N2S.Na/c6-3-4-1-2-5-3;/h1-2H,(H2,4,5,6);/q;+1. The van der Waals surface area contributed by atoms with Gasteiger partial charge in [-0.05, 0) is 12.2 Å². The van der Waals surface area contributed by atoms with Gasteiger partial charge >= 0.3 is 29.6 Å². The predicted octanol–water partition coefficient (Wildman–Crippen LogP) is -1.92. The van der Waals surface area contributed by atoms with Crippen LogP contribution in [0.1, 0.15) is 0 Å². The van der Waals surface area contributed by atoms with Gasteiger partial charge in [-0.3, -0.25) is 0 Å². The van der Waals surface area contributed by atoms with Crippen LogP contribution in [-0.4, -0.2) is 9.97 Å². The van der Waals surface area contributed by atoms with E-state index >= 15 is 0 Å². The van der Waals surface area contributed by atoms with Crippen LogP contribution in [0.4, 0.5) is 0 Å². The first-order chi connectivity index (χ1) is 2.89. The van der Waals surface area contributed by atoms with Gasteiger partial charge in [0, 0.05) is 12.4 Å². The smallest absolute Gasteiger partial charge is 0.338 e. The molecule has 7 heavy (non-hydrogen) atoms. The quantitative estimate of drug-likeness (QED) is 0.306. The SMILES string of the molecule is S=c1[nH]cc[nH]1.[Na+]. The third-order valence-corrected chi connectivity index (χ3v) is 0.748. The number of imidazole rings is 1. The summed E-state index contributed by atoms with van der Waals surface area (Å²) in [5, 5.41) is 0. The van der Waals surface area contributed by atoms with Crippen molar-refractivity contribution in [1.82, 2.24) is 9.97 Å². The van der Waals surface area contributed by atoms with E-state index in [9.17, 15) is 0 Å². The van der Waals surface area contributed by atoms with Crippen molar-refractivity contribution in [3.63, 3.8) is 0 Å². The van der Waals surface area contributed by atoms with Crippen molar-refractivity contribution >= 4 is 12.2 Å². The molecule has 0 aliphatic heterocycles. The molecular weight excluding hydrogens is 119 g/mol. The molecule has 0 saturated carbocycles. The van der Waals surface area contributed by atoms with Crippen molar-refractivity contribution in [3.8, 4) is 0 Å². The van der Waals surface area contributed by atoms with Crippen molar-refractivity contribution in [2.45, 2.75) is 0 Å². The Labute approximate surface area is 68.6 Å². The molecule has 1 aromatic heterocycles. The van der Waals surface area contributed by atoms with Crippen LogP contribution in [0.3, 0.4) is 0 Å². The molecule has 0 spiro atoms. The second-order valence-corrected chi connectivity index (χ2v) is 1.36. The van der Waals surface area contributed by atoms with E-state index < -0.39 is 0 Å². The Hall–Kier alpha value is 0.430. The first-order valence-electron chi connectivity index (χ1n) is 1.61. The number of H-pyrrole nitrogens is 2. The van der Waals surface area contributed by atoms with Gasteiger partial charge in [0.15, 0.2) is 4.77 Å². The topological polar surface area (TPSA) is 31.6 Å². The molecular formula is C3H4N2NaS+. The van der Waals surface area contributed by atoms with E-state index in [-0.39, 0.29) is 29.6 Å². The second-order valence-electron chi connectivity index (χ2n) is 0.951. The van der Waals surface area contributed by atoms with Gasteiger partial charge in [0.05, 0.1) is 0 Å². The van der Waals surface area contributed by atoms with Crippen molar-refractivity contribution in [2.75, 3.05) is 0 Å². The Balaban J connectivity index is 0.000000360. The summed E-state index contributed by atoms with van der Waals surface area (Å²) in [6, 6.07) is 0. The molecule has 0 radical (unpaired) electrons. The van der Waals surface area contributed by atoms with E-state index in [1.54, 1.807) is 12.4 Å². The Bertz CT molecular complexity index is 151. The molecule has 32 valence electrons. The molecule has 0 unspecified atom stereocenters. The van der Waals surface area contributed by atoms with Crippen molar-refractivity contribution in [3.05, 3.63) is 17.2 Å². The molecule has 0 aromatic carbocycles. The van der Waals surface area contributed by atoms with Gasteiger partial charge < -0.3 is 9.97 Å². The number of hydrogen-bond donors (Lipinski definition) is 2. The molecule has 0 amide bonds. The number of nitrogens with one attached hydrogen (secondary N) is 2. The molecule has 4 heteroatoms. The van der Waals surface area contributed by atoms with E-state index in [0.29, 0.717) is 4.77 Å². The van der Waals surface area contributed by atoms with Crippen molar-refractivity contribution < 1.29 is 29.6 Å². The Morgan fingerprint density at radius 2 is 1.71 bits per heavy atom. The van der Waals surface area contributed by atoms with Gasteiger partial charge in [-0.25, -0.2) is 0 Å². The zero-order valence-corrected chi connectivity index (χ0v) is 6.88. The third kappa shape index (κ3) is 2.29. The zero-order chi connectivity index (χ0) is 4.41. The van der Waals surface area contributed by atoms with Crippen LogP contribution in [0, 0.1) is 4.77 Å². The maximum Gasteiger partial charge on any atom is 1.00 e. The van der Waals surface area contributed by atoms with E-state index in [0.717, 1.165) is 0 Å². The van der Waals surface area contributed by atoms with E-state index in [2.05, 4.69) is 22.2 Å². The van der Waals surface area contributed by atoms with E-state index in [1.165, 1.54) is 0 Å². The first-order valence-corrected chi connectivity index (χ1v) is 2.02. The molecule has 1 heterocycles. The van der Waals surface area contributed by atoms with Crippen LogP contribution in [0.15, 0.2) is 12.4 Å². The summed E-state index contributed by atoms with van der Waals surface area (Å²) in [6.45, 7) is 0. The number of hydrogen-bond acceptors (Lipinski definition) is 1. The number of rotatable bonds is 0. The third-order valence-electron chi connectivity index (χ3n) is 0.512. The molecule has 0 saturated heterocycles. The second kappa shape index (κ2) is 3.43. The van der Waals surface area contributed by atoms with E-state index in [4.69, 9.17) is 0 Å². The van der Waals surface area contributed by atoms with Gasteiger partial charge in [0.2, 0.25) is 0 Å². The molecule has 0 fully saturated rings. The molecule has 1 aromatic rings. The largest absolute Gasteiger partial charge is 1.00 e. The molecule has 0 atom stereocenters. The normalized spacial score (nSPS) is 7.43. The average Bonchev–Trinajstić information content (AvgIpc) is 1.86. The minimum absolute atomic E-state index is 0. The van der Waals surface area contributed by atoms with Crippen molar-refractivity contribution in [1.29, 1.82) is 0 Å². The van der Waals surface area contributed by atoms with Crippen molar-refractivity contribution in [2.24, 2.45) is 0 Å². The first kappa shape index (κ1) is 7.43. The summed E-state index contributed by atoms with van der Waals surface area (Å²) in [4.78, 5) is 5.52. The molecule has 0 aliphatic rings. The van der Waals surface area contributed by atoms with Gasteiger partial charge in [0.1, 0.15) is 0 Å². The zero-order valence-electron chi connectivity index (χ0n) is 4.06. The summed E-state index contributed by atoms with van der Waals surface area (Å²) >= 11 is 4.63. The van der Waals surface area contributed by atoms with Gasteiger partial charge in [0.25, 0.3) is 0 Å². The number of aromatic nitrogens is 2. The fraction of sp³-hybridized carbons (Fsp3) is 0. The fourth-order valence-corrected chi connectivity index (χ4v) is 0.412. The predicted molar refractivity (Wildman–Crippen MR) is 26.0 cm³/mol. The Morgan fingerprint density at radius 1 is 1.29 bits per heavy atom. The minimum Gasteiger partial charge on any atom is -0.338 e. The van der Waals surface area contributed by atoms with Gasteiger partial charge in [-0.1, -0.05) is 0 Å². The molecule has 2 nitrogen and oxygen atoms in total. The summed E-state index contributed by atoms with van der Waals surface area (Å²) in [6.07, 6.45) is 3.50. The summed E-state index contributed by atoms with van der Waals surface area (Å²) in [5.41, 5.74) is 0. The van der Waals surface area contributed by atoms with Gasteiger partial charge in [-0.15, -0.1) is 0 Å². The van der Waals surface area contributed by atoms with Crippen LogP contribution >= 0.6 is 12.2 Å². The van der Waals surface area contributed by atoms with Crippen LogP contribution in [0.2, 0.25) is 0 Å². The summed E-state index contributed by atoms with van der Waals surface area (Å²) < 4.78 is 0.676. The molecule has 2 N–H and O–H groups in total. The molecule has 0 aliphatic carbocycles. The summed E-state index contributed by atoms with van der Waals surface area (Å²) in [7, 11) is 0. The average molecular weight is 123 g/mol. The van der Waals surface area contributed by atoms with E-state index in [1.807, 2.05) is 0 Å². The Kier molecular flexibility index (Phi) is 3.65. The monoisotopic (exact) mass is 123 g/mol. The molecule has 0 bridgehead atoms. The maximum atomic E-state index is 4.63. The minimum atomic E-state index is 0. The summed E-state index contributed by atoms with van der Waals surface area (Å²) in [5.74, 6) is 0. The fourth-order valence-electron chi connectivity index (χ4n) is 0.276. The maximum absolute atomic E-state index is 4.63. The number of aromatic amines is 2. The van der Waals surface area contributed by atoms with Crippen LogP contribution in [0.25, 0.3) is 0 Å². The van der Waals surface area contributed by atoms with Crippen LogP contribution < -0.4 is 29.6 Å². The van der Waals surface area contributed by atoms with Gasteiger partial charge in [-0.2, -0.15) is 0 Å². The van der Waals surface area contributed by atoms with Crippen LogP contribution in [-0.2, 0) is 0 Å². The van der Waals surface area contributed by atoms with Crippen LogP contribution in [0.5, 0.6) is 0 Å². The Morgan fingerprint density at radius 3 is 1.86 bits per heavy atom.